The number of hydrogen-bond acceptors (Lipinski definition) is 3. The Balaban J connectivity index is 1.92. The van der Waals surface area contributed by atoms with E-state index in [9.17, 15) is 5.11 Å². The van der Waals surface area contributed by atoms with E-state index in [1.54, 1.807) is 0 Å². The van der Waals surface area contributed by atoms with Crippen LogP contribution in [-0.2, 0) is 4.74 Å². The molecule has 0 spiro atoms. The summed E-state index contributed by atoms with van der Waals surface area (Å²) in [6, 6.07) is 1.24. The number of rotatable bonds is 1. The Kier molecular flexibility index (Phi) is 2.86. The van der Waals surface area contributed by atoms with Crippen LogP contribution in [0.5, 0.6) is 0 Å². The molecule has 2 aliphatic rings. The lowest BCUT2D eigenvalue weighted by Gasteiger charge is -2.40. The number of ether oxygens (including phenoxy) is 1. The summed E-state index contributed by atoms with van der Waals surface area (Å²) < 4.78 is 5.24. The second kappa shape index (κ2) is 3.95. The molecule has 76 valence electrons. The molecule has 1 aliphatic heterocycles. The van der Waals surface area contributed by atoms with Gasteiger partial charge in [-0.15, -0.1) is 0 Å². The molecule has 3 nitrogen and oxygen atoms in total. The molecule has 0 radical (unpaired) electrons. The Labute approximate surface area is 79.7 Å². The summed E-state index contributed by atoms with van der Waals surface area (Å²) in [5.41, 5.74) is 0. The van der Waals surface area contributed by atoms with Crippen molar-refractivity contribution in [3.05, 3.63) is 0 Å². The monoisotopic (exact) mass is 185 g/mol. The first-order valence-corrected chi connectivity index (χ1v) is 5.33. The Morgan fingerprint density at radius 1 is 1.38 bits per heavy atom. The molecule has 2 atom stereocenters. The van der Waals surface area contributed by atoms with Crippen LogP contribution in [0.1, 0.15) is 32.6 Å². The molecular formula is C10H19NO2. The van der Waals surface area contributed by atoms with Crippen molar-refractivity contribution in [1.82, 2.24) is 4.90 Å². The van der Waals surface area contributed by atoms with Gasteiger partial charge in [-0.3, -0.25) is 4.90 Å². The number of aliphatic hydroxyl groups excluding tert-OH is 1. The highest BCUT2D eigenvalue weighted by Crippen LogP contribution is 2.28. The largest absolute Gasteiger partial charge is 0.368 e. The third-order valence-electron chi connectivity index (χ3n) is 3.31. The van der Waals surface area contributed by atoms with E-state index in [2.05, 4.69) is 11.8 Å². The fourth-order valence-corrected chi connectivity index (χ4v) is 2.27. The zero-order chi connectivity index (χ0) is 9.26. The normalized spacial score (nSPS) is 38.3. The lowest BCUT2D eigenvalue weighted by molar-refractivity contribution is -0.0944. The van der Waals surface area contributed by atoms with Crippen LogP contribution >= 0.6 is 0 Å². The van der Waals surface area contributed by atoms with Crippen molar-refractivity contribution in [2.24, 2.45) is 0 Å². The molecule has 13 heavy (non-hydrogen) atoms. The Hall–Kier alpha value is -0.120. The van der Waals surface area contributed by atoms with Gasteiger partial charge in [0.2, 0.25) is 0 Å². The summed E-state index contributed by atoms with van der Waals surface area (Å²) in [7, 11) is 0. The van der Waals surface area contributed by atoms with Gasteiger partial charge in [0, 0.05) is 25.0 Å². The van der Waals surface area contributed by atoms with Crippen molar-refractivity contribution in [2.75, 3.05) is 13.2 Å². The van der Waals surface area contributed by atoms with Gasteiger partial charge in [0.15, 0.2) is 6.29 Å². The fraction of sp³-hybridized carbons (Fsp3) is 1.00. The first-order valence-electron chi connectivity index (χ1n) is 5.33. The fourth-order valence-electron chi connectivity index (χ4n) is 2.27. The smallest absolute Gasteiger partial charge is 0.156 e. The predicted molar refractivity (Wildman–Crippen MR) is 50.4 cm³/mol. The molecule has 0 aromatic heterocycles. The molecule has 2 unspecified atom stereocenters. The summed E-state index contributed by atoms with van der Waals surface area (Å²) in [6.45, 7) is 3.86. The molecule has 0 bridgehead atoms. The van der Waals surface area contributed by atoms with Crippen LogP contribution in [-0.4, -0.2) is 41.5 Å². The minimum atomic E-state index is -0.542. The van der Waals surface area contributed by atoms with Crippen LogP contribution in [0, 0.1) is 0 Å². The number of aliphatic hydroxyl groups is 1. The van der Waals surface area contributed by atoms with Crippen LogP contribution in [0.15, 0.2) is 0 Å². The van der Waals surface area contributed by atoms with Gasteiger partial charge in [-0.05, 0) is 19.8 Å². The van der Waals surface area contributed by atoms with E-state index in [4.69, 9.17) is 4.74 Å². The molecule has 0 amide bonds. The van der Waals surface area contributed by atoms with Crippen LogP contribution in [0.25, 0.3) is 0 Å². The van der Waals surface area contributed by atoms with Crippen molar-refractivity contribution >= 4 is 0 Å². The second-order valence-corrected chi connectivity index (χ2v) is 4.23. The lowest BCUT2D eigenvalue weighted by Crippen LogP contribution is -2.46. The summed E-state index contributed by atoms with van der Waals surface area (Å²) in [4.78, 5) is 2.50. The minimum Gasteiger partial charge on any atom is -0.368 e. The average Bonchev–Trinajstić information content (AvgIpc) is 2.11. The number of hydrogen-bond donors (Lipinski definition) is 1. The van der Waals surface area contributed by atoms with Crippen LogP contribution in [0.3, 0.4) is 0 Å². The topological polar surface area (TPSA) is 32.7 Å². The molecule has 1 aliphatic carbocycles. The lowest BCUT2D eigenvalue weighted by atomic mass is 9.90. The van der Waals surface area contributed by atoms with Gasteiger partial charge >= 0.3 is 0 Å². The van der Waals surface area contributed by atoms with Gasteiger partial charge in [-0.2, -0.15) is 0 Å². The first kappa shape index (κ1) is 9.44. The van der Waals surface area contributed by atoms with E-state index in [0.29, 0.717) is 12.6 Å². The highest BCUT2D eigenvalue weighted by molar-refractivity contribution is 4.84. The average molecular weight is 185 g/mol. The molecule has 0 aromatic rings. The molecule has 1 saturated carbocycles. The van der Waals surface area contributed by atoms with E-state index >= 15 is 0 Å². The molecule has 1 heterocycles. The van der Waals surface area contributed by atoms with Crippen molar-refractivity contribution in [2.45, 2.75) is 51.0 Å². The maximum atomic E-state index is 9.40. The van der Waals surface area contributed by atoms with Crippen molar-refractivity contribution < 1.29 is 9.84 Å². The molecule has 0 aromatic carbocycles. The zero-order valence-electron chi connectivity index (χ0n) is 8.28. The highest BCUT2D eigenvalue weighted by Gasteiger charge is 2.31. The molecule has 3 heteroatoms. The van der Waals surface area contributed by atoms with E-state index in [1.807, 2.05) is 0 Å². The second-order valence-electron chi connectivity index (χ2n) is 4.23. The van der Waals surface area contributed by atoms with Gasteiger partial charge in [0.1, 0.15) is 0 Å². The van der Waals surface area contributed by atoms with Crippen LogP contribution in [0.2, 0.25) is 0 Å². The van der Waals surface area contributed by atoms with E-state index in [0.717, 1.165) is 19.0 Å². The third-order valence-corrected chi connectivity index (χ3v) is 3.31. The van der Waals surface area contributed by atoms with Gasteiger partial charge in [0.25, 0.3) is 0 Å². The van der Waals surface area contributed by atoms with Gasteiger partial charge < -0.3 is 9.84 Å². The predicted octanol–water partition coefficient (Wildman–Crippen LogP) is 0.968. The highest BCUT2D eigenvalue weighted by atomic mass is 16.6. The van der Waals surface area contributed by atoms with Crippen molar-refractivity contribution in [1.29, 1.82) is 0 Å². The Morgan fingerprint density at radius 2 is 2.15 bits per heavy atom. The van der Waals surface area contributed by atoms with Gasteiger partial charge in [-0.1, -0.05) is 6.42 Å². The molecule has 2 rings (SSSR count). The van der Waals surface area contributed by atoms with Crippen LogP contribution < -0.4 is 0 Å². The quantitative estimate of drug-likeness (QED) is 0.660. The van der Waals surface area contributed by atoms with E-state index < -0.39 is 6.29 Å². The minimum absolute atomic E-state index is 0.475. The van der Waals surface area contributed by atoms with E-state index in [-0.39, 0.29) is 0 Å². The maximum Gasteiger partial charge on any atom is 0.156 e. The third kappa shape index (κ3) is 2.03. The molecular weight excluding hydrogens is 166 g/mol. The van der Waals surface area contributed by atoms with Gasteiger partial charge in [0.05, 0.1) is 6.61 Å². The van der Waals surface area contributed by atoms with Crippen molar-refractivity contribution in [3.8, 4) is 0 Å². The summed E-state index contributed by atoms with van der Waals surface area (Å²) in [6.07, 6.45) is 4.26. The molecule has 1 saturated heterocycles. The van der Waals surface area contributed by atoms with Gasteiger partial charge in [-0.25, -0.2) is 0 Å². The van der Waals surface area contributed by atoms with Crippen LogP contribution in [0.4, 0.5) is 0 Å². The summed E-state index contributed by atoms with van der Waals surface area (Å²) in [5, 5.41) is 9.40. The Bertz CT molecular complexity index is 170. The van der Waals surface area contributed by atoms with Crippen molar-refractivity contribution in [3.63, 3.8) is 0 Å². The Morgan fingerprint density at radius 3 is 2.77 bits per heavy atom. The standard InChI is InChI=1S/C10H19NO2/c1-8-7-10(12)13-6-5-11(8)9-3-2-4-9/h8-10,12H,2-7H2,1H3. The molecule has 2 fully saturated rings. The maximum absolute atomic E-state index is 9.40. The van der Waals surface area contributed by atoms with E-state index in [1.165, 1.54) is 19.3 Å². The molecule has 1 N–H and O–H groups in total. The number of nitrogens with zero attached hydrogens (tertiary/aromatic N) is 1. The summed E-state index contributed by atoms with van der Waals surface area (Å²) in [5.74, 6) is 0. The first-order chi connectivity index (χ1) is 6.27. The zero-order valence-corrected chi connectivity index (χ0v) is 8.28. The summed E-state index contributed by atoms with van der Waals surface area (Å²) >= 11 is 0. The SMILES string of the molecule is CC1CC(O)OCCN1C1CCC1.